The van der Waals surface area contributed by atoms with E-state index in [0.717, 1.165) is 5.39 Å². The highest BCUT2D eigenvalue weighted by atomic mass is 16.6. The number of H-pyrrole nitrogens is 1. The van der Waals surface area contributed by atoms with Gasteiger partial charge in [0.25, 0.3) is 5.56 Å². The number of carbonyl (C=O) groups excluding carboxylic acids is 1. The number of fused-ring (bicyclic) bond motifs is 1. The van der Waals surface area contributed by atoms with E-state index in [9.17, 15) is 9.59 Å². The van der Waals surface area contributed by atoms with Crippen molar-refractivity contribution in [2.24, 2.45) is 0 Å². The molecule has 1 fully saturated rings. The summed E-state index contributed by atoms with van der Waals surface area (Å²) in [6.45, 7) is 7.88. The average molecular weight is 438 g/mol. The monoisotopic (exact) mass is 437 g/mol. The van der Waals surface area contributed by atoms with Gasteiger partial charge in [-0.25, -0.2) is 14.8 Å². The number of hydrogen-bond donors (Lipinski definition) is 1. The fraction of sp³-hybridized carbons (Fsp3) is 0.391. The molecule has 2 aromatic heterocycles. The van der Waals surface area contributed by atoms with Gasteiger partial charge in [-0.15, -0.1) is 0 Å². The topological polar surface area (TPSA) is 101 Å². The quantitative estimate of drug-likeness (QED) is 0.672. The molecule has 32 heavy (non-hydrogen) atoms. The van der Waals surface area contributed by atoms with Crippen molar-refractivity contribution in [3.05, 3.63) is 47.0 Å². The second kappa shape index (κ2) is 8.49. The fourth-order valence-electron chi connectivity index (χ4n) is 3.63. The molecule has 4 rings (SSSR count). The lowest BCUT2D eigenvalue weighted by Gasteiger charge is -2.35. The summed E-state index contributed by atoms with van der Waals surface area (Å²) < 4.78 is 10.8. The first-order valence-corrected chi connectivity index (χ1v) is 10.5. The summed E-state index contributed by atoms with van der Waals surface area (Å²) in [6.07, 6.45) is 3.08. The first kappa shape index (κ1) is 21.6. The zero-order valence-corrected chi connectivity index (χ0v) is 18.7. The van der Waals surface area contributed by atoms with Gasteiger partial charge in [0.2, 0.25) is 5.95 Å². The summed E-state index contributed by atoms with van der Waals surface area (Å²) in [5, 5.41) is 1.30. The van der Waals surface area contributed by atoms with E-state index in [1.807, 2.05) is 37.8 Å². The number of rotatable bonds is 3. The molecule has 9 heteroatoms. The fourth-order valence-corrected chi connectivity index (χ4v) is 3.63. The number of hydrogen-bond acceptors (Lipinski definition) is 7. The highest BCUT2D eigenvalue weighted by Crippen LogP contribution is 2.27. The van der Waals surface area contributed by atoms with Crippen LogP contribution in [0.3, 0.4) is 0 Å². The molecule has 1 amide bonds. The molecule has 0 atom stereocenters. The predicted molar refractivity (Wildman–Crippen MR) is 122 cm³/mol. The third kappa shape index (κ3) is 4.51. The van der Waals surface area contributed by atoms with Gasteiger partial charge >= 0.3 is 6.09 Å². The molecule has 0 radical (unpaired) electrons. The van der Waals surface area contributed by atoms with Crippen LogP contribution in [0, 0.1) is 0 Å². The number of carbonyl (C=O) groups is 1. The third-order valence-electron chi connectivity index (χ3n) is 5.23. The summed E-state index contributed by atoms with van der Waals surface area (Å²) >= 11 is 0. The van der Waals surface area contributed by atoms with Crippen molar-refractivity contribution in [1.82, 2.24) is 19.9 Å². The van der Waals surface area contributed by atoms with Crippen molar-refractivity contribution in [2.45, 2.75) is 26.4 Å². The zero-order valence-electron chi connectivity index (χ0n) is 18.7. The predicted octanol–water partition coefficient (Wildman–Crippen LogP) is 3.05. The highest BCUT2D eigenvalue weighted by Gasteiger charge is 2.26. The van der Waals surface area contributed by atoms with Gasteiger partial charge in [0.15, 0.2) is 0 Å². The molecule has 3 aromatic rings. The lowest BCUT2D eigenvalue weighted by Crippen LogP contribution is -2.50. The molecule has 168 valence electrons. The van der Waals surface area contributed by atoms with E-state index in [4.69, 9.17) is 9.47 Å². The molecule has 9 nitrogen and oxygen atoms in total. The third-order valence-corrected chi connectivity index (χ3v) is 5.23. The number of anilines is 1. The summed E-state index contributed by atoms with van der Waals surface area (Å²) in [6, 6.07) is 7.24. The van der Waals surface area contributed by atoms with E-state index in [2.05, 4.69) is 15.0 Å². The van der Waals surface area contributed by atoms with Crippen LogP contribution in [0.15, 0.2) is 41.5 Å². The summed E-state index contributed by atoms with van der Waals surface area (Å²) in [7, 11) is 1.58. The first-order valence-electron chi connectivity index (χ1n) is 10.5. The van der Waals surface area contributed by atoms with Gasteiger partial charge in [-0.05, 0) is 39.0 Å². The molecule has 0 saturated carbocycles. The molecule has 1 aromatic carbocycles. The van der Waals surface area contributed by atoms with Gasteiger partial charge in [0.05, 0.1) is 18.2 Å². The minimum absolute atomic E-state index is 0.196. The molecular formula is C23H27N5O4. The number of ether oxygens (including phenoxy) is 2. The van der Waals surface area contributed by atoms with Crippen molar-refractivity contribution in [3.8, 4) is 17.0 Å². The zero-order chi connectivity index (χ0) is 22.9. The molecule has 0 bridgehead atoms. The Balaban J connectivity index is 1.49. The van der Waals surface area contributed by atoms with Gasteiger partial charge in [-0.2, -0.15) is 0 Å². The molecule has 1 saturated heterocycles. The van der Waals surface area contributed by atoms with Crippen LogP contribution in [-0.2, 0) is 4.74 Å². The molecule has 0 aliphatic carbocycles. The van der Waals surface area contributed by atoms with Crippen LogP contribution in [0.25, 0.3) is 22.0 Å². The SMILES string of the molecule is COc1cccc2c(=O)[nH]c(-c3cnc(N4CCN(C(=O)OC(C)(C)C)CC4)nc3)cc12. The summed E-state index contributed by atoms with van der Waals surface area (Å²) in [5.41, 5.74) is 0.610. The van der Waals surface area contributed by atoms with Crippen LogP contribution in [-0.4, -0.2) is 64.8 Å². The Morgan fingerprint density at radius 2 is 1.75 bits per heavy atom. The van der Waals surface area contributed by atoms with Gasteiger partial charge in [-0.3, -0.25) is 4.79 Å². The number of aromatic nitrogens is 3. The van der Waals surface area contributed by atoms with Crippen LogP contribution >= 0.6 is 0 Å². The summed E-state index contributed by atoms with van der Waals surface area (Å²) in [4.78, 5) is 40.4. The largest absolute Gasteiger partial charge is 0.496 e. The van der Waals surface area contributed by atoms with Crippen LogP contribution in [0.5, 0.6) is 5.75 Å². The maximum Gasteiger partial charge on any atom is 0.410 e. The smallest absolute Gasteiger partial charge is 0.410 e. The molecule has 3 heterocycles. The number of pyridine rings is 1. The Bertz CT molecular complexity index is 1180. The van der Waals surface area contributed by atoms with E-state index in [1.54, 1.807) is 36.5 Å². The number of methoxy groups -OCH3 is 1. The Morgan fingerprint density at radius 3 is 2.38 bits per heavy atom. The number of benzene rings is 1. The number of aromatic amines is 1. The second-order valence-electron chi connectivity index (χ2n) is 8.66. The molecule has 1 N–H and O–H groups in total. The molecular weight excluding hydrogens is 410 g/mol. The lowest BCUT2D eigenvalue weighted by atomic mass is 10.1. The van der Waals surface area contributed by atoms with E-state index >= 15 is 0 Å². The van der Waals surface area contributed by atoms with Gasteiger partial charge in [0, 0.05) is 49.5 Å². The van der Waals surface area contributed by atoms with Crippen LogP contribution in [0.2, 0.25) is 0 Å². The van der Waals surface area contributed by atoms with Crippen molar-refractivity contribution in [3.63, 3.8) is 0 Å². The van der Waals surface area contributed by atoms with Crippen LogP contribution in [0.1, 0.15) is 20.8 Å². The van der Waals surface area contributed by atoms with Gasteiger partial charge < -0.3 is 24.3 Å². The number of amides is 1. The number of nitrogens with one attached hydrogen (secondary N) is 1. The van der Waals surface area contributed by atoms with Crippen molar-refractivity contribution in [2.75, 3.05) is 38.2 Å². The molecule has 0 spiro atoms. The molecule has 1 aliphatic rings. The maximum absolute atomic E-state index is 12.5. The lowest BCUT2D eigenvalue weighted by molar-refractivity contribution is 0.0240. The van der Waals surface area contributed by atoms with Crippen LogP contribution in [0.4, 0.5) is 10.7 Å². The molecule has 1 aliphatic heterocycles. The minimum atomic E-state index is -0.513. The van der Waals surface area contributed by atoms with Crippen LogP contribution < -0.4 is 15.2 Å². The van der Waals surface area contributed by atoms with E-state index in [-0.39, 0.29) is 11.7 Å². The Morgan fingerprint density at radius 1 is 1.06 bits per heavy atom. The van der Waals surface area contributed by atoms with E-state index in [1.165, 1.54) is 0 Å². The van der Waals surface area contributed by atoms with Gasteiger partial charge in [-0.1, -0.05) is 6.07 Å². The summed E-state index contributed by atoms with van der Waals surface area (Å²) in [5.74, 6) is 1.22. The Labute approximate surface area is 186 Å². The first-order chi connectivity index (χ1) is 15.2. The van der Waals surface area contributed by atoms with Crippen molar-refractivity contribution >= 4 is 22.8 Å². The van der Waals surface area contributed by atoms with E-state index < -0.39 is 5.60 Å². The van der Waals surface area contributed by atoms with Crippen molar-refractivity contribution in [1.29, 1.82) is 0 Å². The molecule has 0 unspecified atom stereocenters. The Kier molecular flexibility index (Phi) is 5.73. The maximum atomic E-state index is 12.5. The number of piperazine rings is 1. The van der Waals surface area contributed by atoms with E-state index in [0.29, 0.717) is 54.5 Å². The number of nitrogens with zero attached hydrogens (tertiary/aromatic N) is 4. The van der Waals surface area contributed by atoms with Gasteiger partial charge in [0.1, 0.15) is 11.4 Å². The van der Waals surface area contributed by atoms with Crippen molar-refractivity contribution < 1.29 is 14.3 Å². The second-order valence-corrected chi connectivity index (χ2v) is 8.66. The minimum Gasteiger partial charge on any atom is -0.496 e. The standard InChI is InChI=1S/C23H27N5O4/c1-23(2,3)32-22(30)28-10-8-27(9-11-28)21-24-13-15(14-25-21)18-12-17-16(20(29)26-18)6-5-7-19(17)31-4/h5-7,12-14H,8-11H2,1-4H3,(H,26,29). The average Bonchev–Trinajstić information content (AvgIpc) is 2.78. The normalized spacial score (nSPS) is 14.5. The Hall–Kier alpha value is -3.62. The highest BCUT2D eigenvalue weighted by molar-refractivity contribution is 5.90.